The second-order valence-corrected chi connectivity index (χ2v) is 5.04. The van der Waals surface area contributed by atoms with Crippen LogP contribution in [0.15, 0.2) is 6.20 Å². The molecule has 1 N–H and O–H groups in total. The van der Waals surface area contributed by atoms with Gasteiger partial charge in [-0.3, -0.25) is 9.40 Å². The SMILES string of the molecule is CCN(CC)S(=O)(=O)Nc1nn(C)cc1C#N. The van der Waals surface area contributed by atoms with Crippen LogP contribution in [0.5, 0.6) is 0 Å². The Morgan fingerprint density at radius 1 is 1.53 bits per heavy atom. The predicted molar refractivity (Wildman–Crippen MR) is 63.4 cm³/mol. The van der Waals surface area contributed by atoms with Gasteiger partial charge in [-0.2, -0.15) is 23.1 Å². The van der Waals surface area contributed by atoms with E-state index in [0.29, 0.717) is 13.1 Å². The lowest BCUT2D eigenvalue weighted by Gasteiger charge is -2.18. The number of nitriles is 1. The van der Waals surface area contributed by atoms with Crippen molar-refractivity contribution >= 4 is 16.0 Å². The van der Waals surface area contributed by atoms with E-state index in [2.05, 4.69) is 9.82 Å². The lowest BCUT2D eigenvalue weighted by molar-refractivity contribution is 0.449. The van der Waals surface area contributed by atoms with E-state index in [1.807, 2.05) is 6.07 Å². The van der Waals surface area contributed by atoms with Gasteiger partial charge in [0.2, 0.25) is 0 Å². The average Bonchev–Trinajstić information content (AvgIpc) is 2.59. The van der Waals surface area contributed by atoms with Gasteiger partial charge in [-0.1, -0.05) is 13.8 Å². The molecular weight excluding hydrogens is 242 g/mol. The topological polar surface area (TPSA) is 91.0 Å². The molecule has 0 aliphatic carbocycles. The molecule has 7 nitrogen and oxygen atoms in total. The minimum atomic E-state index is -3.64. The van der Waals surface area contributed by atoms with Crippen molar-refractivity contribution in [3.8, 4) is 6.07 Å². The van der Waals surface area contributed by atoms with Crippen LogP contribution >= 0.6 is 0 Å². The van der Waals surface area contributed by atoms with E-state index in [0.717, 1.165) is 0 Å². The van der Waals surface area contributed by atoms with Gasteiger partial charge in [0.15, 0.2) is 5.82 Å². The normalized spacial score (nSPS) is 11.5. The molecule has 0 amide bonds. The Kier molecular flexibility index (Phi) is 4.09. The summed E-state index contributed by atoms with van der Waals surface area (Å²) in [6, 6.07) is 1.89. The molecule has 1 heterocycles. The highest BCUT2D eigenvalue weighted by molar-refractivity contribution is 7.90. The Morgan fingerprint density at radius 2 is 2.12 bits per heavy atom. The van der Waals surface area contributed by atoms with Crippen molar-refractivity contribution in [3.63, 3.8) is 0 Å². The maximum atomic E-state index is 11.9. The molecule has 0 atom stereocenters. The maximum Gasteiger partial charge on any atom is 0.302 e. The fourth-order valence-electron chi connectivity index (χ4n) is 1.40. The summed E-state index contributed by atoms with van der Waals surface area (Å²) in [7, 11) is -2.02. The van der Waals surface area contributed by atoms with E-state index >= 15 is 0 Å². The van der Waals surface area contributed by atoms with Crippen molar-refractivity contribution in [2.24, 2.45) is 7.05 Å². The van der Waals surface area contributed by atoms with Gasteiger partial charge in [-0.15, -0.1) is 0 Å². The van der Waals surface area contributed by atoms with Gasteiger partial charge in [0.05, 0.1) is 0 Å². The minimum Gasteiger partial charge on any atom is -0.272 e. The summed E-state index contributed by atoms with van der Waals surface area (Å²) in [5, 5.41) is 12.7. The van der Waals surface area contributed by atoms with E-state index in [9.17, 15) is 8.42 Å². The lowest BCUT2D eigenvalue weighted by atomic mass is 10.4. The summed E-state index contributed by atoms with van der Waals surface area (Å²) >= 11 is 0. The molecule has 0 fully saturated rings. The van der Waals surface area contributed by atoms with Gasteiger partial charge in [0.1, 0.15) is 11.6 Å². The van der Waals surface area contributed by atoms with Gasteiger partial charge in [0.25, 0.3) is 0 Å². The fourth-order valence-corrected chi connectivity index (χ4v) is 2.60. The fraction of sp³-hybridized carbons (Fsp3) is 0.556. The minimum absolute atomic E-state index is 0.0573. The zero-order chi connectivity index (χ0) is 13.1. The van der Waals surface area contributed by atoms with Crippen molar-refractivity contribution in [2.45, 2.75) is 13.8 Å². The highest BCUT2D eigenvalue weighted by Gasteiger charge is 2.21. The van der Waals surface area contributed by atoms with Crippen LogP contribution < -0.4 is 4.72 Å². The maximum absolute atomic E-state index is 11.9. The standard InChI is InChI=1S/C9H15N5O2S/c1-4-14(5-2)17(15,16)12-9-8(6-10)7-13(3)11-9/h7H,4-5H2,1-3H3,(H,11,12). The first-order chi connectivity index (χ1) is 7.94. The van der Waals surface area contributed by atoms with E-state index < -0.39 is 10.2 Å². The van der Waals surface area contributed by atoms with Crippen LogP contribution in [-0.4, -0.2) is 35.6 Å². The highest BCUT2D eigenvalue weighted by Crippen LogP contribution is 2.14. The molecule has 0 aliphatic heterocycles. The molecule has 0 bridgehead atoms. The largest absolute Gasteiger partial charge is 0.302 e. The molecule has 0 saturated heterocycles. The number of nitrogens with one attached hydrogen (secondary N) is 1. The Hall–Kier alpha value is -1.59. The smallest absolute Gasteiger partial charge is 0.272 e. The number of aromatic nitrogens is 2. The first-order valence-electron chi connectivity index (χ1n) is 5.16. The summed E-state index contributed by atoms with van der Waals surface area (Å²) < 4.78 is 28.7. The van der Waals surface area contributed by atoms with Crippen molar-refractivity contribution in [1.82, 2.24) is 14.1 Å². The second-order valence-electron chi connectivity index (χ2n) is 3.37. The zero-order valence-corrected chi connectivity index (χ0v) is 10.8. The van der Waals surface area contributed by atoms with Gasteiger partial charge in [-0.05, 0) is 0 Å². The number of nitrogens with zero attached hydrogens (tertiary/aromatic N) is 4. The van der Waals surface area contributed by atoms with Crippen molar-refractivity contribution < 1.29 is 8.42 Å². The monoisotopic (exact) mass is 257 g/mol. The molecule has 1 rings (SSSR count). The van der Waals surface area contributed by atoms with Crippen LogP contribution in [0.2, 0.25) is 0 Å². The molecule has 0 saturated carbocycles. The first kappa shape index (κ1) is 13.5. The molecular formula is C9H15N5O2S. The van der Waals surface area contributed by atoms with Crippen LogP contribution in [0.4, 0.5) is 5.82 Å². The Balaban J connectivity index is 3.02. The summed E-state index contributed by atoms with van der Waals surface area (Å²) in [6.07, 6.45) is 1.46. The third-order valence-electron chi connectivity index (χ3n) is 2.22. The Labute approximate surface area is 101 Å². The van der Waals surface area contributed by atoms with E-state index in [4.69, 9.17) is 5.26 Å². The Bertz CT molecular complexity index is 524. The second kappa shape index (κ2) is 5.16. The number of hydrogen-bond acceptors (Lipinski definition) is 4. The first-order valence-corrected chi connectivity index (χ1v) is 6.60. The number of aryl methyl sites for hydroxylation is 1. The molecule has 1 aromatic heterocycles. The Morgan fingerprint density at radius 3 is 2.59 bits per heavy atom. The van der Waals surface area contributed by atoms with Crippen molar-refractivity contribution in [2.75, 3.05) is 17.8 Å². The molecule has 1 aromatic rings. The quantitative estimate of drug-likeness (QED) is 0.820. The molecule has 0 radical (unpaired) electrons. The van der Waals surface area contributed by atoms with Crippen LogP contribution in [-0.2, 0) is 17.3 Å². The van der Waals surface area contributed by atoms with Crippen LogP contribution in [0.3, 0.4) is 0 Å². The lowest BCUT2D eigenvalue weighted by Crippen LogP contribution is -2.35. The summed E-state index contributed by atoms with van der Waals surface area (Å²) in [4.78, 5) is 0. The van der Waals surface area contributed by atoms with Crippen LogP contribution in [0.25, 0.3) is 0 Å². The van der Waals surface area contributed by atoms with Crippen molar-refractivity contribution in [1.29, 1.82) is 5.26 Å². The molecule has 0 spiro atoms. The highest BCUT2D eigenvalue weighted by atomic mass is 32.2. The third-order valence-corrected chi connectivity index (χ3v) is 3.87. The van der Waals surface area contributed by atoms with Gasteiger partial charge < -0.3 is 0 Å². The van der Waals surface area contributed by atoms with E-state index in [-0.39, 0.29) is 11.4 Å². The van der Waals surface area contributed by atoms with Gasteiger partial charge in [-0.25, -0.2) is 0 Å². The summed E-state index contributed by atoms with van der Waals surface area (Å²) in [6.45, 7) is 4.21. The van der Waals surface area contributed by atoms with Crippen LogP contribution in [0, 0.1) is 11.3 Å². The van der Waals surface area contributed by atoms with E-state index in [1.165, 1.54) is 15.2 Å². The summed E-state index contributed by atoms with van der Waals surface area (Å²) in [5.74, 6) is 0.0573. The average molecular weight is 257 g/mol. The van der Waals surface area contributed by atoms with Gasteiger partial charge in [0, 0.05) is 26.3 Å². The third kappa shape index (κ3) is 2.95. The van der Waals surface area contributed by atoms with Crippen molar-refractivity contribution in [3.05, 3.63) is 11.8 Å². The molecule has 8 heteroatoms. The number of hydrogen-bond donors (Lipinski definition) is 1. The van der Waals surface area contributed by atoms with Gasteiger partial charge >= 0.3 is 10.2 Å². The number of anilines is 1. The molecule has 0 aliphatic rings. The summed E-state index contributed by atoms with van der Waals surface area (Å²) in [5.41, 5.74) is 0.197. The number of rotatable bonds is 5. The van der Waals surface area contributed by atoms with E-state index in [1.54, 1.807) is 20.9 Å². The van der Waals surface area contributed by atoms with Crippen LogP contribution in [0.1, 0.15) is 19.4 Å². The molecule has 0 unspecified atom stereocenters. The zero-order valence-electron chi connectivity index (χ0n) is 10.0. The predicted octanol–water partition coefficient (Wildman–Crippen LogP) is 0.290. The molecule has 94 valence electrons. The molecule has 17 heavy (non-hydrogen) atoms. The molecule has 0 aromatic carbocycles.